The van der Waals surface area contributed by atoms with E-state index in [-0.39, 0.29) is 0 Å². The summed E-state index contributed by atoms with van der Waals surface area (Å²) in [5, 5.41) is 0.454. The summed E-state index contributed by atoms with van der Waals surface area (Å²) in [5.74, 6) is 0. The fourth-order valence-electron chi connectivity index (χ4n) is 1.32. The predicted octanol–water partition coefficient (Wildman–Crippen LogP) is 2.15. The van der Waals surface area contributed by atoms with Gasteiger partial charge in [-0.15, -0.1) is 0 Å². The average Bonchev–Trinajstić information content (AvgIpc) is 2.15. The van der Waals surface area contributed by atoms with Crippen LogP contribution in [0.3, 0.4) is 0 Å². The van der Waals surface area contributed by atoms with Crippen molar-refractivity contribution in [3.63, 3.8) is 0 Å². The van der Waals surface area contributed by atoms with E-state index in [2.05, 4.69) is 25.9 Å². The molecule has 1 aromatic carbocycles. The molecule has 0 atom stereocenters. The Bertz CT molecular complexity index is 620. The lowest BCUT2D eigenvalue weighted by molar-refractivity contribution is 1.04. The number of hydrogen-bond donors (Lipinski definition) is 2. The van der Waals surface area contributed by atoms with E-state index in [9.17, 15) is 9.59 Å². The first-order valence-electron chi connectivity index (χ1n) is 4.35. The maximum Gasteiger partial charge on any atom is 0.326 e. The molecule has 4 nitrogen and oxygen atoms in total. The van der Waals surface area contributed by atoms with Crippen molar-refractivity contribution < 1.29 is 0 Å². The standard InChI is InChI=1S/C10H6BrClN2O2/c11-5-1-2-6(7(12)3-5)8-4-9(15)14-10(16)13-8/h1-4H,(H2,13,14,15,16). The molecule has 1 aromatic heterocycles. The van der Waals surface area contributed by atoms with Crippen molar-refractivity contribution in [2.75, 3.05) is 0 Å². The first kappa shape index (κ1) is 11.2. The van der Waals surface area contributed by atoms with Crippen LogP contribution in [0.25, 0.3) is 11.3 Å². The number of rotatable bonds is 1. The number of H-pyrrole nitrogens is 2. The summed E-state index contributed by atoms with van der Waals surface area (Å²) in [7, 11) is 0. The fourth-order valence-corrected chi connectivity index (χ4v) is 2.10. The summed E-state index contributed by atoms with van der Waals surface area (Å²) in [6, 6.07) is 6.48. The van der Waals surface area contributed by atoms with Crippen molar-refractivity contribution in [2.24, 2.45) is 0 Å². The van der Waals surface area contributed by atoms with Crippen LogP contribution in [0, 0.1) is 0 Å². The molecule has 0 aliphatic rings. The van der Waals surface area contributed by atoms with Crippen LogP contribution in [0.15, 0.2) is 38.3 Å². The average molecular weight is 302 g/mol. The van der Waals surface area contributed by atoms with Crippen molar-refractivity contribution in [1.82, 2.24) is 9.97 Å². The largest absolute Gasteiger partial charge is 0.326 e. The van der Waals surface area contributed by atoms with Crippen LogP contribution in [0.4, 0.5) is 0 Å². The van der Waals surface area contributed by atoms with Gasteiger partial charge < -0.3 is 4.98 Å². The second kappa shape index (κ2) is 4.27. The van der Waals surface area contributed by atoms with Gasteiger partial charge in [0.15, 0.2) is 0 Å². The molecule has 16 heavy (non-hydrogen) atoms. The molecule has 0 unspecified atom stereocenters. The summed E-state index contributed by atoms with van der Waals surface area (Å²) < 4.78 is 0.827. The Morgan fingerprint density at radius 3 is 2.50 bits per heavy atom. The van der Waals surface area contributed by atoms with Crippen LogP contribution < -0.4 is 11.2 Å². The minimum Gasteiger partial charge on any atom is -0.307 e. The molecule has 0 saturated carbocycles. The number of benzene rings is 1. The molecule has 0 spiro atoms. The maximum atomic E-state index is 11.1. The Balaban J connectivity index is 2.67. The van der Waals surface area contributed by atoms with Gasteiger partial charge in [0.1, 0.15) is 0 Å². The van der Waals surface area contributed by atoms with Crippen molar-refractivity contribution in [3.05, 3.63) is 54.6 Å². The number of hydrogen-bond acceptors (Lipinski definition) is 2. The molecule has 0 aliphatic heterocycles. The lowest BCUT2D eigenvalue weighted by atomic mass is 10.1. The molecular weight excluding hydrogens is 295 g/mol. The minimum atomic E-state index is -0.554. The molecule has 2 rings (SSSR count). The highest BCUT2D eigenvalue weighted by Gasteiger charge is 2.05. The van der Waals surface area contributed by atoms with Crippen LogP contribution in [-0.4, -0.2) is 9.97 Å². The SMILES string of the molecule is O=c1cc(-c2ccc(Br)cc2Cl)[nH]c(=O)[nH]1. The first-order valence-corrected chi connectivity index (χ1v) is 5.52. The molecule has 1 heterocycles. The van der Waals surface area contributed by atoms with E-state index in [4.69, 9.17) is 11.6 Å². The molecule has 82 valence electrons. The highest BCUT2D eigenvalue weighted by Crippen LogP contribution is 2.27. The van der Waals surface area contributed by atoms with E-state index >= 15 is 0 Å². The van der Waals surface area contributed by atoms with Crippen LogP contribution in [0.5, 0.6) is 0 Å². The first-order chi connectivity index (χ1) is 7.56. The maximum absolute atomic E-state index is 11.1. The van der Waals surface area contributed by atoms with Gasteiger partial charge in [-0.1, -0.05) is 33.6 Å². The number of halogens is 2. The van der Waals surface area contributed by atoms with Gasteiger partial charge in [0.2, 0.25) is 0 Å². The van der Waals surface area contributed by atoms with Crippen LogP contribution >= 0.6 is 27.5 Å². The summed E-state index contributed by atoms with van der Waals surface area (Å²) >= 11 is 9.28. The van der Waals surface area contributed by atoms with E-state index in [0.717, 1.165) is 4.47 Å². The summed E-state index contributed by atoms with van der Waals surface area (Å²) in [4.78, 5) is 26.8. The normalized spacial score (nSPS) is 10.4. The minimum absolute atomic E-state index is 0.395. The third-order valence-corrected chi connectivity index (χ3v) is 2.79. The number of aromatic amines is 2. The van der Waals surface area contributed by atoms with Crippen LogP contribution in [0.1, 0.15) is 0 Å². The molecule has 6 heteroatoms. The van der Waals surface area contributed by atoms with E-state index < -0.39 is 11.2 Å². The van der Waals surface area contributed by atoms with Gasteiger partial charge in [-0.2, -0.15) is 0 Å². The Hall–Kier alpha value is -1.33. The van der Waals surface area contributed by atoms with Crippen molar-refractivity contribution >= 4 is 27.5 Å². The topological polar surface area (TPSA) is 65.7 Å². The van der Waals surface area contributed by atoms with Gasteiger partial charge >= 0.3 is 5.69 Å². The number of nitrogens with one attached hydrogen (secondary N) is 2. The number of aromatic nitrogens is 2. The van der Waals surface area contributed by atoms with E-state index in [1.807, 2.05) is 0 Å². The van der Waals surface area contributed by atoms with Gasteiger partial charge in [0.05, 0.1) is 10.7 Å². The van der Waals surface area contributed by atoms with Crippen LogP contribution in [-0.2, 0) is 0 Å². The van der Waals surface area contributed by atoms with Crippen molar-refractivity contribution in [3.8, 4) is 11.3 Å². The second-order valence-electron chi connectivity index (χ2n) is 3.13. The summed E-state index contributed by atoms with van der Waals surface area (Å²) in [5.41, 5.74) is -0.0152. The van der Waals surface area contributed by atoms with Gasteiger partial charge in [0, 0.05) is 16.1 Å². The zero-order valence-electron chi connectivity index (χ0n) is 7.88. The highest BCUT2D eigenvalue weighted by atomic mass is 79.9. The molecule has 0 bridgehead atoms. The molecule has 2 N–H and O–H groups in total. The van der Waals surface area contributed by atoms with Crippen molar-refractivity contribution in [1.29, 1.82) is 0 Å². The fraction of sp³-hybridized carbons (Fsp3) is 0. The Kier molecular flexibility index (Phi) is 2.98. The lowest BCUT2D eigenvalue weighted by Crippen LogP contribution is -2.21. The zero-order chi connectivity index (χ0) is 11.7. The third kappa shape index (κ3) is 2.25. The summed E-state index contributed by atoms with van der Waals surface area (Å²) in [6.45, 7) is 0. The lowest BCUT2D eigenvalue weighted by Gasteiger charge is -2.03. The van der Waals surface area contributed by atoms with Gasteiger partial charge in [-0.25, -0.2) is 4.79 Å². The van der Waals surface area contributed by atoms with Crippen molar-refractivity contribution in [2.45, 2.75) is 0 Å². The molecular formula is C10H6BrClN2O2. The third-order valence-electron chi connectivity index (χ3n) is 1.98. The molecule has 0 aliphatic carbocycles. The Morgan fingerprint density at radius 2 is 1.88 bits per heavy atom. The monoisotopic (exact) mass is 300 g/mol. The molecule has 0 fully saturated rings. The van der Waals surface area contributed by atoms with Gasteiger partial charge in [-0.3, -0.25) is 9.78 Å². The van der Waals surface area contributed by atoms with Crippen LogP contribution in [0.2, 0.25) is 5.02 Å². The molecule has 0 saturated heterocycles. The Morgan fingerprint density at radius 1 is 1.12 bits per heavy atom. The van der Waals surface area contributed by atoms with Gasteiger partial charge in [0.25, 0.3) is 5.56 Å². The Labute approximate surface area is 103 Å². The van der Waals surface area contributed by atoms with Gasteiger partial charge in [-0.05, 0) is 12.1 Å². The quantitative estimate of drug-likeness (QED) is 0.847. The zero-order valence-corrected chi connectivity index (χ0v) is 10.2. The highest BCUT2D eigenvalue weighted by molar-refractivity contribution is 9.10. The molecule has 2 aromatic rings. The second-order valence-corrected chi connectivity index (χ2v) is 4.45. The smallest absolute Gasteiger partial charge is 0.307 e. The van der Waals surface area contributed by atoms with E-state index in [1.165, 1.54) is 6.07 Å². The van der Waals surface area contributed by atoms with E-state index in [1.54, 1.807) is 18.2 Å². The molecule has 0 amide bonds. The van der Waals surface area contributed by atoms with E-state index in [0.29, 0.717) is 16.3 Å². The predicted molar refractivity (Wildman–Crippen MR) is 65.8 cm³/mol. The molecule has 0 radical (unpaired) electrons. The summed E-state index contributed by atoms with van der Waals surface area (Å²) in [6.07, 6.45) is 0.